The largest absolute Gasteiger partial charge is 0.507 e. The molecule has 1 aliphatic heterocycles. The van der Waals surface area contributed by atoms with Crippen LogP contribution < -0.4 is 9.47 Å². The minimum Gasteiger partial charge on any atom is -0.507 e. The predicted molar refractivity (Wildman–Crippen MR) is 120 cm³/mol. The average molecular weight is 476 g/mol. The normalized spacial score (nSPS) is 19.4. The minimum atomic E-state index is -0.375. The Hall–Kier alpha value is -2.35. The highest BCUT2D eigenvalue weighted by Crippen LogP contribution is 2.47. The van der Waals surface area contributed by atoms with E-state index >= 15 is 0 Å². The zero-order chi connectivity index (χ0) is 21.8. The molecular weight excluding hydrogens is 450 g/mol. The predicted octanol–water partition coefficient (Wildman–Crippen LogP) is 3.85. The smallest absolute Gasteiger partial charge is 0.193 e. The molecule has 7 heteroatoms. The van der Waals surface area contributed by atoms with Gasteiger partial charge >= 0.3 is 0 Å². The number of carbonyl (C=O) groups excluding carboxylic acids is 1. The van der Waals surface area contributed by atoms with E-state index < -0.39 is 0 Å². The number of phenolic OH excluding ortho intramolecular Hbond substituents is 1. The van der Waals surface area contributed by atoms with Crippen LogP contribution in [0.15, 0.2) is 40.9 Å². The lowest BCUT2D eigenvalue weighted by molar-refractivity contribution is 0.104. The van der Waals surface area contributed by atoms with Crippen LogP contribution in [0.3, 0.4) is 0 Å². The van der Waals surface area contributed by atoms with Crippen molar-refractivity contribution < 1.29 is 24.5 Å². The van der Waals surface area contributed by atoms with Crippen LogP contribution in [0, 0.1) is 0 Å². The molecule has 2 aromatic carbocycles. The average Bonchev–Trinajstić information content (AvgIpc) is 3.11. The fourth-order valence-electron chi connectivity index (χ4n) is 4.04. The Morgan fingerprint density at radius 1 is 1.27 bits per heavy atom. The second kappa shape index (κ2) is 9.64. The number of phenols is 1. The molecule has 0 radical (unpaired) electrons. The van der Waals surface area contributed by atoms with Gasteiger partial charge in [-0.05, 0) is 43.8 Å². The summed E-state index contributed by atoms with van der Waals surface area (Å²) in [4.78, 5) is 15.1. The highest BCUT2D eigenvalue weighted by Gasteiger charge is 2.37. The number of nitrogens with zero attached hydrogens (tertiary/aromatic N) is 1. The fourth-order valence-corrected chi connectivity index (χ4v) is 4.46. The first-order valence-electron chi connectivity index (χ1n) is 9.68. The molecule has 1 heterocycles. The number of aromatic hydroxyl groups is 1. The van der Waals surface area contributed by atoms with Crippen molar-refractivity contribution in [2.75, 3.05) is 34.4 Å². The molecule has 2 atom stereocenters. The number of aliphatic hydroxyl groups excluding tert-OH is 1. The maximum atomic E-state index is 13.0. The van der Waals surface area contributed by atoms with Crippen LogP contribution >= 0.6 is 15.9 Å². The molecule has 1 fully saturated rings. The van der Waals surface area contributed by atoms with Crippen molar-refractivity contribution in [2.24, 2.45) is 0 Å². The summed E-state index contributed by atoms with van der Waals surface area (Å²) in [7, 11) is 4.89. The van der Waals surface area contributed by atoms with Crippen LogP contribution in [0.25, 0.3) is 6.08 Å². The monoisotopic (exact) mass is 475 g/mol. The van der Waals surface area contributed by atoms with Gasteiger partial charge in [0.15, 0.2) is 5.78 Å². The summed E-state index contributed by atoms with van der Waals surface area (Å²) in [5, 5.41) is 21.0. The Bertz CT molecular complexity index is 959. The maximum Gasteiger partial charge on any atom is 0.193 e. The fraction of sp³-hybridized carbons (Fsp3) is 0.348. The van der Waals surface area contributed by atoms with Crippen molar-refractivity contribution >= 4 is 27.8 Å². The van der Waals surface area contributed by atoms with Crippen LogP contribution in [0.4, 0.5) is 0 Å². The molecule has 30 heavy (non-hydrogen) atoms. The van der Waals surface area contributed by atoms with Crippen molar-refractivity contribution in [1.82, 2.24) is 4.90 Å². The van der Waals surface area contributed by atoms with Gasteiger partial charge in [-0.1, -0.05) is 34.1 Å². The van der Waals surface area contributed by atoms with E-state index in [9.17, 15) is 15.0 Å². The lowest BCUT2D eigenvalue weighted by Crippen LogP contribution is -2.32. The van der Waals surface area contributed by atoms with Crippen molar-refractivity contribution in [1.29, 1.82) is 0 Å². The summed E-state index contributed by atoms with van der Waals surface area (Å²) < 4.78 is 11.8. The van der Waals surface area contributed by atoms with Crippen molar-refractivity contribution in [3.8, 4) is 17.2 Å². The molecule has 0 bridgehead atoms. The zero-order valence-electron chi connectivity index (χ0n) is 17.3. The van der Waals surface area contributed by atoms with Crippen molar-refractivity contribution in [3.05, 3.63) is 57.6 Å². The molecule has 0 spiro atoms. The van der Waals surface area contributed by atoms with Gasteiger partial charge in [-0.25, -0.2) is 0 Å². The molecule has 1 aliphatic rings. The van der Waals surface area contributed by atoms with Gasteiger partial charge < -0.3 is 24.6 Å². The quantitative estimate of drug-likeness (QED) is 0.467. The second-order valence-corrected chi connectivity index (χ2v) is 8.21. The van der Waals surface area contributed by atoms with Crippen LogP contribution in [-0.2, 0) is 0 Å². The number of carbonyl (C=O) groups is 1. The molecule has 2 unspecified atom stereocenters. The molecular formula is C23H26BrNO5. The summed E-state index contributed by atoms with van der Waals surface area (Å²) in [6.07, 6.45) is 3.84. The number of hydrogen-bond donors (Lipinski definition) is 2. The van der Waals surface area contributed by atoms with Crippen LogP contribution in [0.5, 0.6) is 17.2 Å². The van der Waals surface area contributed by atoms with E-state index in [4.69, 9.17) is 9.47 Å². The van der Waals surface area contributed by atoms with E-state index in [0.717, 1.165) is 23.0 Å². The molecule has 2 N–H and O–H groups in total. The van der Waals surface area contributed by atoms with Crippen LogP contribution in [0.1, 0.15) is 33.8 Å². The number of aliphatic hydroxyl groups is 1. The van der Waals surface area contributed by atoms with Gasteiger partial charge in [0.2, 0.25) is 0 Å². The number of ether oxygens (including phenoxy) is 2. The molecule has 0 saturated carbocycles. The number of likely N-dealkylation sites (tertiary alicyclic amines) is 1. The number of halogens is 1. The van der Waals surface area contributed by atoms with Crippen molar-refractivity contribution in [2.45, 2.75) is 18.4 Å². The van der Waals surface area contributed by atoms with Gasteiger partial charge in [-0.15, -0.1) is 0 Å². The Kier molecular flexibility index (Phi) is 7.18. The second-order valence-electron chi connectivity index (χ2n) is 7.30. The molecule has 0 aliphatic carbocycles. The summed E-state index contributed by atoms with van der Waals surface area (Å²) >= 11 is 3.41. The zero-order valence-corrected chi connectivity index (χ0v) is 18.8. The molecule has 0 aromatic heterocycles. The molecule has 6 nitrogen and oxygen atoms in total. The van der Waals surface area contributed by atoms with E-state index in [1.807, 2.05) is 36.2 Å². The molecule has 0 amide bonds. The SMILES string of the molecule is COc1cc(OC)c(C2CCN(C)C2CO)c(O)c1C(=O)C=Cc1cccc(Br)c1. The third-order valence-corrected chi connectivity index (χ3v) is 6.10. The number of allylic oxidation sites excluding steroid dienone is 1. The Balaban J connectivity index is 2.06. The third-order valence-electron chi connectivity index (χ3n) is 5.61. The number of rotatable bonds is 7. The molecule has 3 rings (SSSR count). The number of benzene rings is 2. The van der Waals surface area contributed by atoms with Gasteiger partial charge in [0.25, 0.3) is 0 Å². The van der Waals surface area contributed by atoms with Gasteiger partial charge in [-0.2, -0.15) is 0 Å². The summed E-state index contributed by atoms with van der Waals surface area (Å²) in [5.74, 6) is -0.0186. The minimum absolute atomic E-state index is 0.0537. The number of hydrogen-bond acceptors (Lipinski definition) is 6. The van der Waals surface area contributed by atoms with Gasteiger partial charge in [0.1, 0.15) is 22.8 Å². The van der Waals surface area contributed by atoms with Crippen LogP contribution in [0.2, 0.25) is 0 Å². The number of ketones is 1. The highest BCUT2D eigenvalue weighted by atomic mass is 79.9. The summed E-state index contributed by atoms with van der Waals surface area (Å²) in [6, 6.07) is 9.01. The topological polar surface area (TPSA) is 79.2 Å². The summed E-state index contributed by atoms with van der Waals surface area (Å²) in [5.41, 5.74) is 1.47. The first-order chi connectivity index (χ1) is 14.4. The maximum absolute atomic E-state index is 13.0. The van der Waals surface area contributed by atoms with E-state index in [-0.39, 0.29) is 41.4 Å². The third kappa shape index (κ3) is 4.38. The standard InChI is InChI=1S/C23H26BrNO5/c1-25-10-9-16(17(25)13-26)21-19(29-2)12-20(30-3)22(23(21)28)18(27)8-7-14-5-4-6-15(24)11-14/h4-8,11-12,16-17,26,28H,9-10,13H2,1-3H3. The van der Waals surface area contributed by atoms with Gasteiger partial charge in [0.05, 0.1) is 20.8 Å². The Labute approximate surface area is 184 Å². The van der Waals surface area contributed by atoms with Crippen molar-refractivity contribution in [3.63, 3.8) is 0 Å². The van der Waals surface area contributed by atoms with Gasteiger partial charge in [0, 0.05) is 28.1 Å². The first kappa shape index (κ1) is 22.3. The van der Waals surface area contributed by atoms with Gasteiger partial charge in [-0.3, -0.25) is 4.79 Å². The number of likely N-dealkylation sites (N-methyl/N-ethyl adjacent to an activating group) is 1. The van der Waals surface area contributed by atoms with E-state index in [2.05, 4.69) is 15.9 Å². The lowest BCUT2D eigenvalue weighted by Gasteiger charge is -2.26. The summed E-state index contributed by atoms with van der Waals surface area (Å²) in [6.45, 7) is 0.721. The molecule has 160 valence electrons. The molecule has 2 aromatic rings. The Morgan fingerprint density at radius 3 is 2.63 bits per heavy atom. The Morgan fingerprint density at radius 2 is 2.00 bits per heavy atom. The number of methoxy groups -OCH3 is 2. The first-order valence-corrected chi connectivity index (χ1v) is 10.5. The van der Waals surface area contributed by atoms with E-state index in [1.54, 1.807) is 12.1 Å². The lowest BCUT2D eigenvalue weighted by atomic mass is 9.87. The van der Waals surface area contributed by atoms with Crippen LogP contribution in [-0.4, -0.2) is 61.4 Å². The molecule has 1 saturated heterocycles. The highest BCUT2D eigenvalue weighted by molar-refractivity contribution is 9.10. The van der Waals surface area contributed by atoms with E-state index in [1.165, 1.54) is 20.3 Å². The van der Waals surface area contributed by atoms with E-state index in [0.29, 0.717) is 11.3 Å².